The van der Waals surface area contributed by atoms with E-state index >= 15 is 0 Å². The van der Waals surface area contributed by atoms with E-state index in [0.29, 0.717) is 12.2 Å². The summed E-state index contributed by atoms with van der Waals surface area (Å²) in [6, 6.07) is 14.3. The molecule has 2 amide bonds. The molecule has 7 heteroatoms. The number of benzene rings is 2. The molecular weight excluding hydrogens is 414 g/mol. The van der Waals surface area contributed by atoms with Gasteiger partial charge in [-0.3, -0.25) is 14.5 Å². The zero-order valence-electron chi connectivity index (χ0n) is 19.9. The highest BCUT2D eigenvalue weighted by Gasteiger charge is 2.27. The zero-order chi connectivity index (χ0) is 23.4. The number of piperazine rings is 1. The van der Waals surface area contributed by atoms with Gasteiger partial charge in [0.05, 0.1) is 6.04 Å². The number of carbonyl (C=O) groups is 2. The second kappa shape index (κ2) is 10.4. The maximum atomic E-state index is 12.6. The molecule has 0 bridgehead atoms. The van der Waals surface area contributed by atoms with Gasteiger partial charge in [-0.25, -0.2) is 0 Å². The van der Waals surface area contributed by atoms with E-state index in [-0.39, 0.29) is 6.04 Å². The number of hydrogen-bond acceptors (Lipinski definition) is 5. The molecule has 2 heterocycles. The molecule has 33 heavy (non-hydrogen) atoms. The van der Waals surface area contributed by atoms with Crippen LogP contribution < -0.4 is 15.5 Å². The normalized spacial score (nSPS) is 17.5. The summed E-state index contributed by atoms with van der Waals surface area (Å²) in [6.45, 7) is 7.37. The lowest BCUT2D eigenvalue weighted by molar-refractivity contribution is -0.136. The maximum Gasteiger partial charge on any atom is 0.313 e. The van der Waals surface area contributed by atoms with E-state index in [2.05, 4.69) is 64.6 Å². The highest BCUT2D eigenvalue weighted by Crippen LogP contribution is 2.31. The van der Waals surface area contributed by atoms with Gasteiger partial charge in [-0.15, -0.1) is 0 Å². The Morgan fingerprint density at radius 3 is 2.36 bits per heavy atom. The van der Waals surface area contributed by atoms with Crippen molar-refractivity contribution in [3.63, 3.8) is 0 Å². The van der Waals surface area contributed by atoms with Gasteiger partial charge in [0.2, 0.25) is 0 Å². The molecule has 1 fully saturated rings. The number of nitrogens with one attached hydrogen (secondary N) is 2. The highest BCUT2D eigenvalue weighted by molar-refractivity contribution is 6.39. The fourth-order valence-corrected chi connectivity index (χ4v) is 4.67. The summed E-state index contributed by atoms with van der Waals surface area (Å²) >= 11 is 0. The molecule has 1 atom stereocenters. The molecule has 2 aromatic rings. The van der Waals surface area contributed by atoms with Crippen LogP contribution in [0.15, 0.2) is 42.5 Å². The van der Waals surface area contributed by atoms with Crippen molar-refractivity contribution >= 4 is 23.2 Å². The van der Waals surface area contributed by atoms with Crippen molar-refractivity contribution in [2.24, 2.45) is 0 Å². The smallest absolute Gasteiger partial charge is 0.313 e. The standard InChI is InChI=1S/C26H35N5O2/c1-4-19-5-8-22(9-6-19)28-26(33)25(32)27-18-24(31-15-13-29(2)14-16-31)20-7-10-23-21(17-20)11-12-30(23)3/h5-10,17,24H,4,11-16,18H2,1-3H3,(H,27,32)(H,28,33). The summed E-state index contributed by atoms with van der Waals surface area (Å²) in [5, 5.41) is 5.60. The Morgan fingerprint density at radius 1 is 0.939 bits per heavy atom. The molecule has 1 saturated heterocycles. The van der Waals surface area contributed by atoms with Crippen LogP contribution in [0.1, 0.15) is 29.7 Å². The molecule has 0 radical (unpaired) electrons. The van der Waals surface area contributed by atoms with Crippen LogP contribution in [-0.4, -0.2) is 75.0 Å². The lowest BCUT2D eigenvalue weighted by Crippen LogP contribution is -2.49. The quantitative estimate of drug-likeness (QED) is 0.663. The lowest BCUT2D eigenvalue weighted by atomic mass is 10.00. The number of aryl methyl sites for hydroxylation is 1. The monoisotopic (exact) mass is 449 g/mol. The van der Waals surface area contributed by atoms with Gasteiger partial charge in [-0.1, -0.05) is 31.2 Å². The molecule has 0 saturated carbocycles. The topological polar surface area (TPSA) is 67.9 Å². The predicted octanol–water partition coefficient (Wildman–Crippen LogP) is 2.28. The first-order chi connectivity index (χ1) is 15.9. The Kier molecular flexibility index (Phi) is 7.30. The van der Waals surface area contributed by atoms with Crippen LogP contribution in [0.3, 0.4) is 0 Å². The van der Waals surface area contributed by atoms with Crippen molar-refractivity contribution in [3.8, 4) is 0 Å². The highest BCUT2D eigenvalue weighted by atomic mass is 16.2. The van der Waals surface area contributed by atoms with Gasteiger partial charge in [0.25, 0.3) is 0 Å². The van der Waals surface area contributed by atoms with Crippen LogP contribution in [0.25, 0.3) is 0 Å². The lowest BCUT2D eigenvalue weighted by Gasteiger charge is -2.38. The van der Waals surface area contributed by atoms with Gasteiger partial charge in [0.15, 0.2) is 0 Å². The zero-order valence-corrected chi connectivity index (χ0v) is 19.9. The third-order valence-electron chi connectivity index (χ3n) is 6.88. The molecule has 4 rings (SSSR count). The summed E-state index contributed by atoms with van der Waals surface area (Å²) in [6.07, 6.45) is 1.97. The summed E-state index contributed by atoms with van der Waals surface area (Å²) in [4.78, 5) is 32.1. The van der Waals surface area contributed by atoms with E-state index in [1.165, 1.54) is 22.4 Å². The Morgan fingerprint density at radius 2 is 1.67 bits per heavy atom. The number of amides is 2. The maximum absolute atomic E-state index is 12.6. The number of carbonyl (C=O) groups excluding carboxylic acids is 2. The minimum atomic E-state index is -0.632. The first kappa shape index (κ1) is 23.3. The molecule has 2 aliphatic rings. The Bertz CT molecular complexity index is 983. The fraction of sp³-hybridized carbons (Fsp3) is 0.462. The minimum absolute atomic E-state index is 0.0375. The SMILES string of the molecule is CCc1ccc(NC(=O)C(=O)NCC(c2ccc3c(c2)CCN3C)N2CCN(C)CC2)cc1. The summed E-state index contributed by atoms with van der Waals surface area (Å²) in [7, 11) is 4.26. The average Bonchev–Trinajstić information content (AvgIpc) is 3.20. The Labute approximate surface area is 196 Å². The first-order valence-corrected chi connectivity index (χ1v) is 11.9. The third kappa shape index (κ3) is 5.54. The third-order valence-corrected chi connectivity index (χ3v) is 6.88. The molecule has 0 aliphatic carbocycles. The molecule has 1 unspecified atom stereocenters. The van der Waals surface area contributed by atoms with Crippen LogP contribution in [-0.2, 0) is 22.4 Å². The molecular formula is C26H35N5O2. The van der Waals surface area contributed by atoms with Crippen molar-refractivity contribution in [3.05, 3.63) is 59.2 Å². The van der Waals surface area contributed by atoms with Gasteiger partial charge in [-0.2, -0.15) is 0 Å². The fourth-order valence-electron chi connectivity index (χ4n) is 4.67. The van der Waals surface area contributed by atoms with Crippen LogP contribution in [0.2, 0.25) is 0 Å². The molecule has 7 nitrogen and oxygen atoms in total. The minimum Gasteiger partial charge on any atom is -0.374 e. The van der Waals surface area contributed by atoms with Crippen molar-refractivity contribution in [2.75, 3.05) is 63.6 Å². The number of fused-ring (bicyclic) bond motifs is 1. The van der Waals surface area contributed by atoms with Gasteiger partial charge >= 0.3 is 11.8 Å². The predicted molar refractivity (Wildman–Crippen MR) is 133 cm³/mol. The number of hydrogen-bond donors (Lipinski definition) is 2. The van der Waals surface area contributed by atoms with E-state index in [4.69, 9.17) is 0 Å². The van der Waals surface area contributed by atoms with E-state index in [1.807, 2.05) is 24.3 Å². The molecule has 0 aromatic heterocycles. The Hall–Kier alpha value is -2.90. The number of rotatable bonds is 6. The van der Waals surface area contributed by atoms with Gasteiger partial charge in [0, 0.05) is 57.7 Å². The van der Waals surface area contributed by atoms with Crippen LogP contribution in [0.5, 0.6) is 0 Å². The number of anilines is 2. The molecule has 2 N–H and O–H groups in total. The molecule has 2 aromatic carbocycles. The summed E-state index contributed by atoms with van der Waals surface area (Å²) in [5.41, 5.74) is 5.66. The number of nitrogens with zero attached hydrogens (tertiary/aromatic N) is 3. The van der Waals surface area contributed by atoms with Gasteiger partial charge in [-0.05, 0) is 54.8 Å². The molecule has 0 spiro atoms. The van der Waals surface area contributed by atoms with Crippen LogP contribution in [0.4, 0.5) is 11.4 Å². The summed E-state index contributed by atoms with van der Waals surface area (Å²) in [5.74, 6) is -1.23. The largest absolute Gasteiger partial charge is 0.374 e. The van der Waals surface area contributed by atoms with Gasteiger partial charge in [0.1, 0.15) is 0 Å². The van der Waals surface area contributed by atoms with E-state index < -0.39 is 11.8 Å². The second-order valence-electron chi connectivity index (χ2n) is 9.13. The van der Waals surface area contributed by atoms with Gasteiger partial charge < -0.3 is 20.4 Å². The van der Waals surface area contributed by atoms with E-state index in [9.17, 15) is 9.59 Å². The Balaban J connectivity index is 1.43. The first-order valence-electron chi connectivity index (χ1n) is 11.9. The van der Waals surface area contributed by atoms with Crippen molar-refractivity contribution in [1.82, 2.24) is 15.1 Å². The van der Waals surface area contributed by atoms with Crippen molar-refractivity contribution in [1.29, 1.82) is 0 Å². The number of likely N-dealkylation sites (N-methyl/N-ethyl adjacent to an activating group) is 2. The van der Waals surface area contributed by atoms with Crippen LogP contribution in [0, 0.1) is 0 Å². The summed E-state index contributed by atoms with van der Waals surface area (Å²) < 4.78 is 0. The van der Waals surface area contributed by atoms with E-state index in [0.717, 1.165) is 45.6 Å². The van der Waals surface area contributed by atoms with E-state index in [1.54, 1.807) is 0 Å². The van der Waals surface area contributed by atoms with Crippen molar-refractivity contribution in [2.45, 2.75) is 25.8 Å². The molecule has 2 aliphatic heterocycles. The second-order valence-corrected chi connectivity index (χ2v) is 9.13. The van der Waals surface area contributed by atoms with Crippen molar-refractivity contribution < 1.29 is 9.59 Å². The average molecular weight is 450 g/mol. The molecule has 176 valence electrons. The van der Waals surface area contributed by atoms with Crippen LogP contribution >= 0.6 is 0 Å².